The molecule has 1 saturated heterocycles. The molecule has 5 rings (SSSR count). The van der Waals surface area contributed by atoms with Crippen molar-refractivity contribution < 1.29 is 44.1 Å². The van der Waals surface area contributed by atoms with Crippen LogP contribution in [0.1, 0.15) is 6.42 Å². The molecule has 0 unspecified atom stereocenters. The van der Waals surface area contributed by atoms with Crippen molar-refractivity contribution in [3.8, 4) is 45.3 Å². The number of methoxy groups -OCH3 is 4. The Balaban J connectivity index is 1.54. The fourth-order valence-corrected chi connectivity index (χ4v) is 8.78. The molecule has 0 aliphatic carbocycles. The smallest absolute Gasteiger partial charge is 0.301 e. The molecule has 0 bridgehead atoms. The average molecular weight is 807 g/mol. The maximum atomic E-state index is 12.9. The van der Waals surface area contributed by atoms with Gasteiger partial charge in [0.1, 0.15) is 34.6 Å². The minimum absolute atomic E-state index is 0.122. The van der Waals surface area contributed by atoms with Gasteiger partial charge >= 0.3 is 5.91 Å². The summed E-state index contributed by atoms with van der Waals surface area (Å²) in [7, 11) is -2.29. The molecule has 0 saturated carbocycles. The molecule has 2 aromatic heterocycles. The Morgan fingerprint density at radius 1 is 0.623 bits per heavy atom. The van der Waals surface area contributed by atoms with Crippen LogP contribution in [-0.2, 0) is 28.6 Å². The van der Waals surface area contributed by atoms with E-state index in [1.807, 2.05) is 42.8 Å². The Morgan fingerprint density at radius 2 is 1.04 bits per heavy atom. The topological polar surface area (TPSA) is 156 Å². The molecule has 1 aliphatic rings. The lowest BCUT2D eigenvalue weighted by Gasteiger charge is -2.41. The molecule has 4 aromatic rings. The average Bonchev–Trinajstić information content (AvgIpc) is 3.30. The summed E-state index contributed by atoms with van der Waals surface area (Å²) in [5.74, 6) is 0.835. The number of hydrogen-bond acceptors (Lipinski definition) is 16. The molecule has 0 radical (unpaired) electrons. The van der Waals surface area contributed by atoms with Crippen molar-refractivity contribution in [3.05, 3.63) is 60.9 Å². The van der Waals surface area contributed by atoms with Crippen LogP contribution in [0.5, 0.6) is 23.0 Å². The normalized spacial score (nSPS) is 14.8. The van der Waals surface area contributed by atoms with Crippen LogP contribution < -0.4 is 28.7 Å². The van der Waals surface area contributed by atoms with E-state index in [9.17, 15) is 16.8 Å². The van der Waals surface area contributed by atoms with Crippen LogP contribution in [0.2, 0.25) is 0 Å². The summed E-state index contributed by atoms with van der Waals surface area (Å²) in [6.45, 7) is 0.114. The van der Waals surface area contributed by atoms with E-state index in [0.29, 0.717) is 47.3 Å². The van der Waals surface area contributed by atoms with Crippen LogP contribution in [-0.4, -0.2) is 106 Å². The van der Waals surface area contributed by atoms with Crippen molar-refractivity contribution in [1.29, 1.82) is 0 Å². The molecule has 0 spiro atoms. The van der Waals surface area contributed by atoms with Gasteiger partial charge in [-0.15, -0.1) is 23.5 Å². The Kier molecular flexibility index (Phi) is 12.6. The molecule has 1 aliphatic heterocycles. The van der Waals surface area contributed by atoms with E-state index in [1.165, 1.54) is 28.4 Å². The van der Waals surface area contributed by atoms with E-state index in [0.717, 1.165) is 39.0 Å². The lowest BCUT2D eigenvalue weighted by atomic mass is 10.1. The molecular formula is C35H42N4O10S4. The summed E-state index contributed by atoms with van der Waals surface area (Å²) < 4.78 is 85.1. The summed E-state index contributed by atoms with van der Waals surface area (Å²) in [5, 5.41) is 0. The molecular weight excluding hydrogens is 765 g/mol. The molecule has 2 aromatic carbocycles. The fourth-order valence-electron chi connectivity index (χ4n) is 6.07. The maximum Gasteiger partial charge on any atom is 0.301 e. The van der Waals surface area contributed by atoms with E-state index in [-0.39, 0.29) is 18.9 Å². The highest BCUT2D eigenvalue weighted by atomic mass is 32.2. The summed E-state index contributed by atoms with van der Waals surface area (Å²) in [5.41, 5.74) is 3.04. The molecule has 0 atom stereocenters. The Hall–Kier alpha value is -3.94. The second kappa shape index (κ2) is 16.6. The van der Waals surface area contributed by atoms with Crippen molar-refractivity contribution in [1.82, 2.24) is 9.97 Å². The number of hydrogen-bond donors (Lipinski definition) is 0. The predicted octanol–water partition coefficient (Wildman–Crippen LogP) is 5.61. The zero-order valence-electron chi connectivity index (χ0n) is 30.6. The first-order valence-electron chi connectivity index (χ1n) is 16.0. The minimum Gasteiger partial charge on any atom is -0.495 e. The van der Waals surface area contributed by atoms with Crippen LogP contribution >= 0.6 is 23.5 Å². The molecule has 14 nitrogen and oxygen atoms in total. The second-order valence-electron chi connectivity index (χ2n) is 11.9. The lowest BCUT2D eigenvalue weighted by Crippen LogP contribution is -2.60. The minimum atomic E-state index is -4.31. The maximum absolute atomic E-state index is 12.9. The highest BCUT2D eigenvalue weighted by molar-refractivity contribution is 7.99. The largest absolute Gasteiger partial charge is 0.495 e. The third kappa shape index (κ3) is 9.24. The van der Waals surface area contributed by atoms with Gasteiger partial charge in [-0.3, -0.25) is 0 Å². The standard InChI is InChI=1S/C35H42N4O10S4/c1-44-27-16-25(17-28(45-2)33(27)50-5)23-10-12-31(36-20-23)38-14-9-15-39(35(22-38,48-52(7,40)41)49-53(8,42)43)32-13-11-24(21-37-32)26-18-29(46-3)34(51-6)30(19-26)47-4/h10-13,16-21H,9,14-15,22H2,1-8H3. The Morgan fingerprint density at radius 3 is 1.38 bits per heavy atom. The Bertz CT molecular complexity index is 2050. The van der Waals surface area contributed by atoms with Crippen molar-refractivity contribution in [2.75, 3.05) is 82.9 Å². The highest BCUT2D eigenvalue weighted by Gasteiger charge is 2.50. The van der Waals surface area contributed by atoms with Crippen molar-refractivity contribution in [2.24, 2.45) is 0 Å². The van der Waals surface area contributed by atoms with E-state index in [1.54, 1.807) is 63.9 Å². The van der Waals surface area contributed by atoms with Crippen LogP contribution in [0.3, 0.4) is 0 Å². The van der Waals surface area contributed by atoms with Crippen molar-refractivity contribution in [2.45, 2.75) is 22.1 Å². The molecule has 0 amide bonds. The number of thioether (sulfide) groups is 2. The third-order valence-corrected chi connectivity index (χ3v) is 11.0. The lowest BCUT2D eigenvalue weighted by molar-refractivity contribution is -0.0948. The van der Waals surface area contributed by atoms with Gasteiger partial charge < -0.3 is 28.7 Å². The van der Waals surface area contributed by atoms with Crippen LogP contribution in [0.15, 0.2) is 70.7 Å². The fraction of sp³-hybridized carbons (Fsp3) is 0.371. The molecule has 0 N–H and O–H groups in total. The summed E-state index contributed by atoms with van der Waals surface area (Å²) in [6.07, 6.45) is 9.22. The van der Waals surface area contributed by atoms with Crippen LogP contribution in [0.4, 0.5) is 11.6 Å². The molecule has 18 heteroatoms. The number of benzene rings is 2. The van der Waals surface area contributed by atoms with Crippen LogP contribution in [0, 0.1) is 0 Å². The molecule has 53 heavy (non-hydrogen) atoms. The van der Waals surface area contributed by atoms with E-state index < -0.39 is 26.1 Å². The number of rotatable bonds is 14. The highest BCUT2D eigenvalue weighted by Crippen LogP contribution is 2.42. The number of nitrogens with zero attached hydrogens (tertiary/aromatic N) is 4. The summed E-state index contributed by atoms with van der Waals surface area (Å²) in [4.78, 5) is 14.2. The van der Waals surface area contributed by atoms with Gasteiger partial charge in [0, 0.05) is 36.6 Å². The SMILES string of the molecule is COc1cc(-c2ccc(N3CCCN(c4ccc(-c5cc(OC)c(SC)c(OC)c5)cn4)C(OS(C)(=O)=O)(OS(C)(=O)=O)C3)nc2)cc(OC)c1SC. The van der Waals surface area contributed by atoms with Gasteiger partial charge in [0.25, 0.3) is 20.2 Å². The molecule has 1 fully saturated rings. The van der Waals surface area contributed by atoms with Gasteiger partial charge in [0.05, 0.1) is 57.3 Å². The van der Waals surface area contributed by atoms with Crippen molar-refractivity contribution >= 4 is 55.4 Å². The number of anilines is 2. The summed E-state index contributed by atoms with van der Waals surface area (Å²) in [6, 6.07) is 14.6. The zero-order valence-corrected chi connectivity index (χ0v) is 33.9. The zero-order chi connectivity index (χ0) is 38.6. The predicted molar refractivity (Wildman–Crippen MR) is 208 cm³/mol. The van der Waals surface area contributed by atoms with Gasteiger partial charge in [-0.25, -0.2) is 18.3 Å². The van der Waals surface area contributed by atoms with Gasteiger partial charge in [-0.2, -0.15) is 16.8 Å². The van der Waals surface area contributed by atoms with Gasteiger partial charge in [0.2, 0.25) is 0 Å². The first-order chi connectivity index (χ1) is 25.2. The Labute approximate surface area is 319 Å². The van der Waals surface area contributed by atoms with Crippen molar-refractivity contribution in [3.63, 3.8) is 0 Å². The number of ether oxygens (including phenoxy) is 4. The first-order valence-corrected chi connectivity index (χ1v) is 22.1. The first kappa shape index (κ1) is 40.2. The quantitative estimate of drug-likeness (QED) is 0.0880. The van der Waals surface area contributed by atoms with E-state index in [4.69, 9.17) is 27.3 Å². The van der Waals surface area contributed by atoms with E-state index >= 15 is 0 Å². The molecule has 3 heterocycles. The number of pyridine rings is 2. The molecule has 286 valence electrons. The van der Waals surface area contributed by atoms with E-state index in [2.05, 4.69) is 9.97 Å². The number of aromatic nitrogens is 2. The van der Waals surface area contributed by atoms with Gasteiger partial charge in [0.15, 0.2) is 0 Å². The van der Waals surface area contributed by atoms with Gasteiger partial charge in [-0.05, 0) is 78.6 Å². The third-order valence-electron chi connectivity index (χ3n) is 8.27. The van der Waals surface area contributed by atoms with Gasteiger partial charge in [-0.1, -0.05) is 0 Å². The summed E-state index contributed by atoms with van der Waals surface area (Å²) >= 11 is 3.00. The second-order valence-corrected chi connectivity index (χ2v) is 16.6. The monoisotopic (exact) mass is 806 g/mol. The van der Waals surface area contributed by atoms with Crippen LogP contribution in [0.25, 0.3) is 22.3 Å².